The number of ether oxygens (including phenoxy) is 1. The van der Waals surface area contributed by atoms with Crippen molar-refractivity contribution >= 4 is 5.97 Å². The lowest BCUT2D eigenvalue weighted by Crippen LogP contribution is -2.63. The lowest BCUT2D eigenvalue weighted by Gasteiger charge is -2.39. The third-order valence-electron chi connectivity index (χ3n) is 2.84. The number of carbonyl (C=O) groups is 1. The van der Waals surface area contributed by atoms with Crippen molar-refractivity contribution in [2.24, 2.45) is 0 Å². The van der Waals surface area contributed by atoms with E-state index in [2.05, 4.69) is 4.74 Å². The standard InChI is InChI=1S/C9H18F2NO2/c1-5-12(6-2,7-3)9(10,11)8(13)14-4/h5-7H2,1-4H3/q+1. The smallest absolute Gasteiger partial charge is 0.460 e. The molecule has 0 atom stereocenters. The van der Waals surface area contributed by atoms with Crippen LogP contribution in [0.3, 0.4) is 0 Å². The largest absolute Gasteiger partial charge is 0.491 e. The Balaban J connectivity index is 5.07. The fourth-order valence-electron chi connectivity index (χ4n) is 1.58. The van der Waals surface area contributed by atoms with Crippen molar-refractivity contribution in [2.45, 2.75) is 26.8 Å². The van der Waals surface area contributed by atoms with E-state index >= 15 is 0 Å². The van der Waals surface area contributed by atoms with Crippen molar-refractivity contribution in [3.63, 3.8) is 0 Å². The average Bonchev–Trinajstić information content (AvgIpc) is 2.19. The molecule has 0 aromatic heterocycles. The number of esters is 1. The van der Waals surface area contributed by atoms with Gasteiger partial charge in [0.1, 0.15) is 0 Å². The minimum absolute atomic E-state index is 0.203. The zero-order valence-electron chi connectivity index (χ0n) is 9.14. The van der Waals surface area contributed by atoms with E-state index in [4.69, 9.17) is 0 Å². The number of halogens is 2. The van der Waals surface area contributed by atoms with Gasteiger partial charge in [-0.05, 0) is 20.8 Å². The van der Waals surface area contributed by atoms with Crippen LogP contribution in [0.5, 0.6) is 0 Å². The molecule has 0 saturated carbocycles. The number of rotatable bonds is 5. The highest BCUT2D eigenvalue weighted by molar-refractivity contribution is 5.75. The number of hydrogen-bond acceptors (Lipinski definition) is 2. The first-order chi connectivity index (χ1) is 6.41. The number of carbonyl (C=O) groups excluding carboxylic acids is 1. The van der Waals surface area contributed by atoms with Crippen molar-refractivity contribution in [1.82, 2.24) is 0 Å². The van der Waals surface area contributed by atoms with E-state index in [-0.39, 0.29) is 19.6 Å². The Morgan fingerprint density at radius 1 is 1.21 bits per heavy atom. The molecule has 3 nitrogen and oxygen atoms in total. The number of hydrogen-bond donors (Lipinski definition) is 0. The topological polar surface area (TPSA) is 26.3 Å². The highest BCUT2D eigenvalue weighted by Gasteiger charge is 2.58. The van der Waals surface area contributed by atoms with Gasteiger partial charge in [0.15, 0.2) is 0 Å². The van der Waals surface area contributed by atoms with Crippen LogP contribution in [0.2, 0.25) is 0 Å². The van der Waals surface area contributed by atoms with Gasteiger partial charge in [0, 0.05) is 0 Å². The maximum absolute atomic E-state index is 13.6. The molecular formula is C9H18F2NO2+. The summed E-state index contributed by atoms with van der Waals surface area (Å²) in [5.41, 5.74) is 0. The molecule has 0 fully saturated rings. The Morgan fingerprint density at radius 2 is 1.57 bits per heavy atom. The van der Waals surface area contributed by atoms with E-state index in [1.807, 2.05) is 0 Å². The van der Waals surface area contributed by atoms with Gasteiger partial charge in [-0.2, -0.15) is 0 Å². The normalized spacial score (nSPS) is 12.7. The summed E-state index contributed by atoms with van der Waals surface area (Å²) in [4.78, 5) is 11.0. The van der Waals surface area contributed by atoms with Gasteiger partial charge in [0.05, 0.1) is 26.7 Å². The molecule has 0 rings (SSSR count). The second-order valence-electron chi connectivity index (χ2n) is 3.13. The summed E-state index contributed by atoms with van der Waals surface area (Å²) in [6.07, 6.45) is 0. The van der Waals surface area contributed by atoms with E-state index in [0.29, 0.717) is 0 Å². The summed E-state index contributed by atoms with van der Waals surface area (Å²) in [6, 6.07) is -3.45. The first kappa shape index (κ1) is 13.3. The average molecular weight is 210 g/mol. The number of alkyl halides is 2. The lowest BCUT2D eigenvalue weighted by molar-refractivity contribution is -0.994. The predicted molar refractivity (Wildman–Crippen MR) is 48.8 cm³/mol. The number of likely N-dealkylation sites (N-methyl/N-ethyl adjacent to an activating group) is 1. The number of nitrogens with zero attached hydrogens (tertiary/aromatic N) is 1. The van der Waals surface area contributed by atoms with Crippen LogP contribution in [0.25, 0.3) is 0 Å². The summed E-state index contributed by atoms with van der Waals surface area (Å²) in [6.45, 7) is 5.54. The Hall–Kier alpha value is -0.710. The SMILES string of the molecule is CC[N+](CC)(CC)C(F)(F)C(=O)OC. The second-order valence-corrected chi connectivity index (χ2v) is 3.13. The van der Waals surface area contributed by atoms with Gasteiger partial charge in [0.25, 0.3) is 0 Å². The minimum atomic E-state index is -3.45. The molecule has 0 aromatic rings. The summed E-state index contributed by atoms with van der Waals surface area (Å²) in [5.74, 6) is -1.46. The summed E-state index contributed by atoms with van der Waals surface area (Å²) >= 11 is 0. The molecule has 14 heavy (non-hydrogen) atoms. The van der Waals surface area contributed by atoms with Gasteiger partial charge in [-0.3, -0.25) is 4.48 Å². The van der Waals surface area contributed by atoms with Crippen LogP contribution in [0, 0.1) is 0 Å². The van der Waals surface area contributed by atoms with Crippen molar-refractivity contribution in [1.29, 1.82) is 0 Å². The zero-order chi connectivity index (χ0) is 11.4. The molecule has 0 spiro atoms. The van der Waals surface area contributed by atoms with Crippen LogP contribution in [0.15, 0.2) is 0 Å². The maximum Gasteiger partial charge on any atom is 0.491 e. The van der Waals surface area contributed by atoms with Crippen molar-refractivity contribution < 1.29 is 22.8 Å². The first-order valence-electron chi connectivity index (χ1n) is 4.74. The van der Waals surface area contributed by atoms with E-state index < -0.39 is 16.5 Å². The van der Waals surface area contributed by atoms with Gasteiger partial charge >= 0.3 is 12.0 Å². The number of quaternary nitrogens is 1. The third kappa shape index (κ3) is 1.87. The minimum Gasteiger partial charge on any atom is -0.460 e. The molecule has 0 unspecified atom stereocenters. The molecular weight excluding hydrogens is 192 g/mol. The molecule has 0 aliphatic carbocycles. The first-order valence-corrected chi connectivity index (χ1v) is 4.74. The Kier molecular flexibility index (Phi) is 4.45. The highest BCUT2D eigenvalue weighted by Crippen LogP contribution is 2.29. The lowest BCUT2D eigenvalue weighted by atomic mass is 10.3. The van der Waals surface area contributed by atoms with Crippen LogP contribution >= 0.6 is 0 Å². The molecule has 0 aromatic carbocycles. The van der Waals surface area contributed by atoms with Gasteiger partial charge in [-0.25, -0.2) is 4.79 Å². The summed E-state index contributed by atoms with van der Waals surface area (Å²) in [5, 5.41) is 0. The van der Waals surface area contributed by atoms with Crippen LogP contribution < -0.4 is 0 Å². The Bertz CT molecular complexity index is 195. The van der Waals surface area contributed by atoms with Crippen molar-refractivity contribution in [3.05, 3.63) is 0 Å². The van der Waals surface area contributed by atoms with Crippen LogP contribution in [-0.4, -0.2) is 43.2 Å². The second kappa shape index (κ2) is 4.68. The van der Waals surface area contributed by atoms with Crippen LogP contribution in [-0.2, 0) is 9.53 Å². The van der Waals surface area contributed by atoms with Gasteiger partial charge in [0.2, 0.25) is 0 Å². The quantitative estimate of drug-likeness (QED) is 0.391. The predicted octanol–water partition coefficient (Wildman–Crippen LogP) is 1.63. The Morgan fingerprint density at radius 3 is 1.79 bits per heavy atom. The summed E-state index contributed by atoms with van der Waals surface area (Å²) in [7, 11) is 0.978. The van der Waals surface area contributed by atoms with Gasteiger partial charge in [-0.15, -0.1) is 8.78 Å². The highest BCUT2D eigenvalue weighted by atomic mass is 19.3. The molecule has 0 amide bonds. The van der Waals surface area contributed by atoms with Gasteiger partial charge in [-0.1, -0.05) is 0 Å². The molecule has 0 aliphatic heterocycles. The Labute approximate surface area is 83.2 Å². The molecule has 0 radical (unpaired) electrons. The molecule has 84 valence electrons. The van der Waals surface area contributed by atoms with Crippen LogP contribution in [0.1, 0.15) is 20.8 Å². The fraction of sp³-hybridized carbons (Fsp3) is 0.889. The monoisotopic (exact) mass is 210 g/mol. The van der Waals surface area contributed by atoms with Crippen LogP contribution in [0.4, 0.5) is 8.78 Å². The summed E-state index contributed by atoms with van der Waals surface area (Å²) < 4.78 is 30.8. The molecule has 0 heterocycles. The van der Waals surface area contributed by atoms with Crippen molar-refractivity contribution in [2.75, 3.05) is 26.7 Å². The molecule has 0 bridgehead atoms. The van der Waals surface area contributed by atoms with E-state index in [1.165, 1.54) is 0 Å². The van der Waals surface area contributed by atoms with Gasteiger partial charge < -0.3 is 4.74 Å². The van der Waals surface area contributed by atoms with Crippen molar-refractivity contribution in [3.8, 4) is 0 Å². The molecule has 5 heteroatoms. The van der Waals surface area contributed by atoms with E-state index in [9.17, 15) is 13.6 Å². The maximum atomic E-state index is 13.6. The zero-order valence-corrected chi connectivity index (χ0v) is 9.14. The molecule has 0 N–H and O–H groups in total. The fourth-order valence-corrected chi connectivity index (χ4v) is 1.58. The molecule has 0 aliphatic rings. The third-order valence-corrected chi connectivity index (χ3v) is 2.84. The van der Waals surface area contributed by atoms with E-state index in [0.717, 1.165) is 7.11 Å². The van der Waals surface area contributed by atoms with E-state index in [1.54, 1.807) is 20.8 Å². The number of methoxy groups -OCH3 is 1. The molecule has 0 saturated heterocycles.